The average molecular weight is 319 g/mol. The van der Waals surface area contributed by atoms with E-state index >= 15 is 0 Å². The number of rotatable bonds is 4. The third kappa shape index (κ3) is 4.10. The maximum absolute atomic E-state index is 12.7. The minimum atomic E-state index is 0.0543. The molecule has 1 amide bonds. The van der Waals surface area contributed by atoms with Crippen molar-refractivity contribution in [2.45, 2.75) is 52.0 Å². The zero-order chi connectivity index (χ0) is 16.2. The minimum Gasteiger partial charge on any atom is -0.337 e. The highest BCUT2D eigenvalue weighted by molar-refractivity contribution is 5.92. The number of aromatic nitrogens is 3. The van der Waals surface area contributed by atoms with E-state index in [1.54, 1.807) is 0 Å². The van der Waals surface area contributed by atoms with Crippen molar-refractivity contribution in [3.63, 3.8) is 0 Å². The van der Waals surface area contributed by atoms with Crippen LogP contribution in [0.2, 0.25) is 0 Å². The van der Waals surface area contributed by atoms with E-state index < -0.39 is 0 Å². The van der Waals surface area contributed by atoms with Crippen LogP contribution < -0.4 is 5.32 Å². The van der Waals surface area contributed by atoms with Gasteiger partial charge in [0.15, 0.2) is 5.69 Å². The molecule has 23 heavy (non-hydrogen) atoms. The third-order valence-corrected chi connectivity index (χ3v) is 5.02. The Morgan fingerprint density at radius 3 is 2.87 bits per heavy atom. The van der Waals surface area contributed by atoms with Crippen LogP contribution in [0.3, 0.4) is 0 Å². The van der Waals surface area contributed by atoms with Gasteiger partial charge < -0.3 is 10.2 Å². The molecule has 0 aliphatic carbocycles. The summed E-state index contributed by atoms with van der Waals surface area (Å²) < 4.78 is 1.89. The smallest absolute Gasteiger partial charge is 0.276 e. The Morgan fingerprint density at radius 2 is 2.13 bits per heavy atom. The normalized spacial score (nSPS) is 23.4. The molecule has 1 atom stereocenters. The summed E-state index contributed by atoms with van der Waals surface area (Å²) in [6, 6.07) is 0.375. The molecule has 3 rings (SSSR count). The summed E-state index contributed by atoms with van der Waals surface area (Å²) >= 11 is 0. The monoisotopic (exact) mass is 319 g/mol. The summed E-state index contributed by atoms with van der Waals surface area (Å²) in [5, 5.41) is 11.7. The lowest BCUT2D eigenvalue weighted by atomic mass is 9.89. The lowest BCUT2D eigenvalue weighted by Gasteiger charge is -2.33. The molecule has 0 saturated carbocycles. The maximum atomic E-state index is 12.7. The third-order valence-electron chi connectivity index (χ3n) is 5.02. The fraction of sp³-hybridized carbons (Fsp3) is 0.824. The number of hydrogen-bond donors (Lipinski definition) is 1. The highest BCUT2D eigenvalue weighted by Crippen LogP contribution is 2.24. The van der Waals surface area contributed by atoms with E-state index in [4.69, 9.17) is 0 Å². The number of nitrogens with zero attached hydrogens (tertiary/aromatic N) is 4. The Morgan fingerprint density at radius 1 is 1.35 bits per heavy atom. The number of piperidine rings is 2. The van der Waals surface area contributed by atoms with Gasteiger partial charge in [0.25, 0.3) is 5.91 Å². The van der Waals surface area contributed by atoms with E-state index in [0.29, 0.717) is 23.6 Å². The quantitative estimate of drug-likeness (QED) is 0.923. The highest BCUT2D eigenvalue weighted by atomic mass is 16.2. The Balaban J connectivity index is 1.62. The molecule has 1 unspecified atom stereocenters. The number of nitrogens with one attached hydrogen (secondary N) is 1. The van der Waals surface area contributed by atoms with Gasteiger partial charge in [-0.05, 0) is 57.0 Å². The van der Waals surface area contributed by atoms with Crippen molar-refractivity contribution in [1.82, 2.24) is 25.2 Å². The molecule has 1 N–H and O–H groups in total. The summed E-state index contributed by atoms with van der Waals surface area (Å²) in [4.78, 5) is 14.7. The number of amides is 1. The first-order chi connectivity index (χ1) is 11.1. The molecule has 6 nitrogen and oxygen atoms in total. The Labute approximate surface area is 138 Å². The van der Waals surface area contributed by atoms with Crippen LogP contribution in [0.15, 0.2) is 6.20 Å². The molecule has 0 radical (unpaired) electrons. The van der Waals surface area contributed by atoms with Crippen LogP contribution in [-0.2, 0) is 0 Å². The van der Waals surface area contributed by atoms with Crippen LogP contribution in [-0.4, -0.2) is 52.0 Å². The highest BCUT2D eigenvalue weighted by Gasteiger charge is 2.27. The molecule has 2 saturated heterocycles. The number of carbonyl (C=O) groups excluding carboxylic acids is 1. The number of likely N-dealkylation sites (tertiary alicyclic amines) is 1. The van der Waals surface area contributed by atoms with Crippen molar-refractivity contribution in [3.8, 4) is 0 Å². The van der Waals surface area contributed by atoms with E-state index in [0.717, 1.165) is 45.4 Å². The standard InChI is InChI=1S/C17H29N5O/c1-13(2)10-14-4-3-9-21(11-14)17(23)16-12-22(20-19-16)15-5-7-18-8-6-15/h12-15,18H,3-11H2,1-2H3. The molecular formula is C17H29N5O. The van der Waals surface area contributed by atoms with E-state index in [2.05, 4.69) is 29.5 Å². The van der Waals surface area contributed by atoms with Crippen molar-refractivity contribution in [2.75, 3.05) is 26.2 Å². The van der Waals surface area contributed by atoms with Gasteiger partial charge in [-0.2, -0.15) is 0 Å². The second-order valence-corrected chi connectivity index (χ2v) is 7.45. The van der Waals surface area contributed by atoms with Crippen LogP contribution in [0.25, 0.3) is 0 Å². The summed E-state index contributed by atoms with van der Waals surface area (Å²) in [6.45, 7) is 8.26. The van der Waals surface area contributed by atoms with Crippen LogP contribution in [0.1, 0.15) is 62.5 Å². The van der Waals surface area contributed by atoms with Gasteiger partial charge in [-0.15, -0.1) is 5.10 Å². The summed E-state index contributed by atoms with van der Waals surface area (Å²) in [5.74, 6) is 1.38. The molecule has 0 bridgehead atoms. The predicted molar refractivity (Wildman–Crippen MR) is 89.2 cm³/mol. The summed E-state index contributed by atoms with van der Waals surface area (Å²) in [5.41, 5.74) is 0.508. The van der Waals surface area contributed by atoms with Crippen molar-refractivity contribution >= 4 is 5.91 Å². The van der Waals surface area contributed by atoms with Gasteiger partial charge >= 0.3 is 0 Å². The lowest BCUT2D eigenvalue weighted by Crippen LogP contribution is -2.40. The van der Waals surface area contributed by atoms with E-state index in [1.165, 1.54) is 12.8 Å². The fourth-order valence-corrected chi connectivity index (χ4v) is 3.89. The zero-order valence-electron chi connectivity index (χ0n) is 14.4. The van der Waals surface area contributed by atoms with Gasteiger partial charge in [0.05, 0.1) is 12.2 Å². The van der Waals surface area contributed by atoms with Gasteiger partial charge in [0, 0.05) is 13.1 Å². The maximum Gasteiger partial charge on any atom is 0.276 e. The summed E-state index contributed by atoms with van der Waals surface area (Å²) in [6.07, 6.45) is 7.50. The average Bonchev–Trinajstić information content (AvgIpc) is 3.04. The SMILES string of the molecule is CC(C)CC1CCCN(C(=O)c2cn(C3CCNCC3)nn2)C1. The number of hydrogen-bond acceptors (Lipinski definition) is 4. The molecule has 0 spiro atoms. The topological polar surface area (TPSA) is 63.1 Å². The Hall–Kier alpha value is -1.43. The van der Waals surface area contributed by atoms with Gasteiger partial charge in [0.1, 0.15) is 0 Å². The van der Waals surface area contributed by atoms with Gasteiger partial charge in [-0.25, -0.2) is 4.68 Å². The molecule has 2 aliphatic rings. The Bertz CT molecular complexity index is 521. The molecule has 128 valence electrons. The molecule has 1 aromatic heterocycles. The largest absolute Gasteiger partial charge is 0.337 e. The first-order valence-electron chi connectivity index (χ1n) is 9.05. The lowest BCUT2D eigenvalue weighted by molar-refractivity contribution is 0.0653. The van der Waals surface area contributed by atoms with Crippen molar-refractivity contribution in [2.24, 2.45) is 11.8 Å². The van der Waals surface area contributed by atoms with Gasteiger partial charge in [-0.3, -0.25) is 4.79 Å². The van der Waals surface area contributed by atoms with E-state index in [9.17, 15) is 4.79 Å². The fourth-order valence-electron chi connectivity index (χ4n) is 3.89. The van der Waals surface area contributed by atoms with E-state index in [1.807, 2.05) is 15.8 Å². The van der Waals surface area contributed by atoms with E-state index in [-0.39, 0.29) is 5.91 Å². The second-order valence-electron chi connectivity index (χ2n) is 7.45. The first kappa shape index (κ1) is 16.4. The van der Waals surface area contributed by atoms with Gasteiger partial charge in [-0.1, -0.05) is 19.1 Å². The van der Waals surface area contributed by atoms with Crippen molar-refractivity contribution < 1.29 is 4.79 Å². The molecule has 6 heteroatoms. The van der Waals surface area contributed by atoms with Crippen molar-refractivity contribution in [1.29, 1.82) is 0 Å². The zero-order valence-corrected chi connectivity index (χ0v) is 14.4. The summed E-state index contributed by atoms with van der Waals surface area (Å²) in [7, 11) is 0. The first-order valence-corrected chi connectivity index (χ1v) is 9.05. The van der Waals surface area contributed by atoms with Crippen LogP contribution in [0, 0.1) is 11.8 Å². The Kier molecular flexibility index (Phi) is 5.30. The van der Waals surface area contributed by atoms with Crippen LogP contribution in [0.4, 0.5) is 0 Å². The van der Waals surface area contributed by atoms with Crippen LogP contribution >= 0.6 is 0 Å². The molecule has 2 aliphatic heterocycles. The molecule has 0 aromatic carbocycles. The van der Waals surface area contributed by atoms with Gasteiger partial charge in [0.2, 0.25) is 0 Å². The van der Waals surface area contributed by atoms with Crippen molar-refractivity contribution in [3.05, 3.63) is 11.9 Å². The molecule has 2 fully saturated rings. The molecule has 3 heterocycles. The van der Waals surface area contributed by atoms with Crippen LogP contribution in [0.5, 0.6) is 0 Å². The second kappa shape index (κ2) is 7.43. The predicted octanol–water partition coefficient (Wildman–Crippen LogP) is 2.10. The molecular weight excluding hydrogens is 290 g/mol. The minimum absolute atomic E-state index is 0.0543. The number of carbonyl (C=O) groups is 1. The molecule has 1 aromatic rings.